The maximum absolute atomic E-state index is 6.10. The molecule has 1 aliphatic carbocycles. The topological polar surface area (TPSA) is 26.0 Å². The molecule has 2 N–H and O–H groups in total. The van der Waals surface area contributed by atoms with Crippen LogP contribution in [0.25, 0.3) is 0 Å². The molecule has 1 saturated heterocycles. The molecule has 0 spiro atoms. The van der Waals surface area contributed by atoms with E-state index < -0.39 is 0 Å². The highest BCUT2D eigenvalue weighted by Gasteiger charge is 2.32. The molecule has 0 atom stereocenters. The molecule has 0 amide bonds. The van der Waals surface area contributed by atoms with E-state index in [0.29, 0.717) is 0 Å². The van der Waals surface area contributed by atoms with Gasteiger partial charge in [0, 0.05) is 29.4 Å². The minimum Gasteiger partial charge on any atom is -0.330 e. The fraction of sp³-hybridized carbons (Fsp3) is 0.625. The van der Waals surface area contributed by atoms with Crippen molar-refractivity contribution in [1.29, 1.82) is 0 Å². The van der Waals surface area contributed by atoms with Crippen molar-refractivity contribution in [2.75, 3.05) is 18.1 Å². The molecule has 0 aromatic heterocycles. The third kappa shape index (κ3) is 2.21. The summed E-state index contributed by atoms with van der Waals surface area (Å²) in [7, 11) is 0. The van der Waals surface area contributed by atoms with Gasteiger partial charge in [-0.15, -0.1) is 0 Å². The second kappa shape index (κ2) is 5.26. The summed E-state index contributed by atoms with van der Waals surface area (Å²) >= 11 is 2.06. The van der Waals surface area contributed by atoms with Gasteiger partial charge in [0.25, 0.3) is 0 Å². The number of benzene rings is 1. The molecule has 98 valence electrons. The Morgan fingerprint density at radius 3 is 2.22 bits per heavy atom. The minimum absolute atomic E-state index is 0.283. The molecule has 2 aliphatic rings. The van der Waals surface area contributed by atoms with E-state index in [1.54, 1.807) is 0 Å². The quantitative estimate of drug-likeness (QED) is 0.898. The second-order valence-electron chi connectivity index (χ2n) is 5.90. The van der Waals surface area contributed by atoms with Crippen LogP contribution in [0, 0.1) is 0 Å². The van der Waals surface area contributed by atoms with E-state index in [0.717, 1.165) is 12.5 Å². The van der Waals surface area contributed by atoms with E-state index in [-0.39, 0.29) is 5.41 Å². The highest BCUT2D eigenvalue weighted by molar-refractivity contribution is 8.00. The highest BCUT2D eigenvalue weighted by atomic mass is 32.2. The molecule has 1 saturated carbocycles. The van der Waals surface area contributed by atoms with E-state index in [1.165, 1.54) is 54.7 Å². The van der Waals surface area contributed by atoms with Crippen LogP contribution in [0.3, 0.4) is 0 Å². The van der Waals surface area contributed by atoms with Crippen molar-refractivity contribution in [3.05, 3.63) is 35.4 Å². The van der Waals surface area contributed by atoms with Gasteiger partial charge in [0.05, 0.1) is 0 Å². The first-order valence-corrected chi connectivity index (χ1v) is 8.38. The lowest BCUT2D eigenvalue weighted by molar-refractivity contribution is 0.301. The largest absolute Gasteiger partial charge is 0.330 e. The Hall–Kier alpha value is -0.470. The minimum atomic E-state index is 0.283. The average molecular weight is 261 g/mol. The summed E-state index contributed by atoms with van der Waals surface area (Å²) in [5, 5.41) is 0. The van der Waals surface area contributed by atoms with Crippen LogP contribution < -0.4 is 5.73 Å². The zero-order valence-corrected chi connectivity index (χ0v) is 11.8. The standard InChI is InChI=1S/C16H23NS/c17-12-16(8-2-1-3-9-16)15-6-4-13(5-7-15)14-10-18-11-14/h4-7,14H,1-3,8-12,17H2. The van der Waals surface area contributed by atoms with E-state index in [1.807, 2.05) is 0 Å². The summed E-state index contributed by atoms with van der Waals surface area (Å²) in [6.45, 7) is 0.811. The number of nitrogens with two attached hydrogens (primary N) is 1. The van der Waals surface area contributed by atoms with Gasteiger partial charge < -0.3 is 5.73 Å². The van der Waals surface area contributed by atoms with E-state index in [2.05, 4.69) is 36.0 Å². The van der Waals surface area contributed by atoms with Crippen molar-refractivity contribution in [3.63, 3.8) is 0 Å². The first-order chi connectivity index (χ1) is 8.84. The van der Waals surface area contributed by atoms with Crippen LogP contribution in [0.2, 0.25) is 0 Å². The van der Waals surface area contributed by atoms with Crippen molar-refractivity contribution in [2.45, 2.75) is 43.4 Å². The van der Waals surface area contributed by atoms with Crippen LogP contribution in [0.1, 0.15) is 49.1 Å². The number of hydrogen-bond donors (Lipinski definition) is 1. The third-order valence-corrected chi connectivity index (χ3v) is 6.11. The number of thioether (sulfide) groups is 1. The van der Waals surface area contributed by atoms with E-state index in [4.69, 9.17) is 5.73 Å². The molecule has 1 aliphatic heterocycles. The molecule has 1 aromatic rings. The van der Waals surface area contributed by atoms with Crippen LogP contribution in [-0.2, 0) is 5.41 Å². The first kappa shape index (κ1) is 12.6. The lowest BCUT2D eigenvalue weighted by Crippen LogP contribution is -2.37. The molecule has 2 heteroatoms. The Kier molecular flexibility index (Phi) is 3.67. The van der Waals surface area contributed by atoms with Crippen LogP contribution in [0.5, 0.6) is 0 Å². The SMILES string of the molecule is NCC1(c2ccc(C3CSC3)cc2)CCCCC1. The van der Waals surface area contributed by atoms with Crippen LogP contribution in [0.4, 0.5) is 0 Å². The van der Waals surface area contributed by atoms with Crippen molar-refractivity contribution in [3.8, 4) is 0 Å². The summed E-state index contributed by atoms with van der Waals surface area (Å²) in [6, 6.07) is 9.42. The van der Waals surface area contributed by atoms with E-state index >= 15 is 0 Å². The fourth-order valence-corrected chi connectivity index (χ4v) is 4.23. The summed E-state index contributed by atoms with van der Waals surface area (Å²) in [6.07, 6.45) is 6.64. The zero-order chi connectivity index (χ0) is 12.4. The molecule has 18 heavy (non-hydrogen) atoms. The fourth-order valence-electron chi connectivity index (χ4n) is 3.38. The van der Waals surface area contributed by atoms with Gasteiger partial charge in [-0.05, 0) is 24.0 Å². The van der Waals surface area contributed by atoms with Crippen molar-refractivity contribution >= 4 is 11.8 Å². The molecular weight excluding hydrogens is 238 g/mol. The van der Waals surface area contributed by atoms with Crippen molar-refractivity contribution in [1.82, 2.24) is 0 Å². The summed E-state index contributed by atoms with van der Waals surface area (Å²) in [5.74, 6) is 3.42. The third-order valence-electron chi connectivity index (χ3n) is 4.83. The van der Waals surface area contributed by atoms with Gasteiger partial charge in [0.15, 0.2) is 0 Å². The van der Waals surface area contributed by atoms with Crippen LogP contribution in [-0.4, -0.2) is 18.1 Å². The molecule has 2 fully saturated rings. The molecule has 0 bridgehead atoms. The van der Waals surface area contributed by atoms with Gasteiger partial charge in [-0.1, -0.05) is 43.5 Å². The van der Waals surface area contributed by atoms with Crippen LogP contribution >= 0.6 is 11.8 Å². The monoisotopic (exact) mass is 261 g/mol. The molecule has 1 aromatic carbocycles. The van der Waals surface area contributed by atoms with Crippen molar-refractivity contribution < 1.29 is 0 Å². The predicted molar refractivity (Wildman–Crippen MR) is 80.3 cm³/mol. The highest BCUT2D eigenvalue weighted by Crippen LogP contribution is 2.40. The average Bonchev–Trinajstić information content (AvgIpc) is 2.38. The molecule has 1 heterocycles. The molecule has 3 rings (SSSR count). The van der Waals surface area contributed by atoms with Gasteiger partial charge in [0.1, 0.15) is 0 Å². The van der Waals surface area contributed by atoms with Gasteiger partial charge in [-0.2, -0.15) is 11.8 Å². The molecule has 0 unspecified atom stereocenters. The maximum atomic E-state index is 6.10. The lowest BCUT2D eigenvalue weighted by Gasteiger charge is -2.37. The zero-order valence-electron chi connectivity index (χ0n) is 11.0. The normalized spacial score (nSPS) is 23.6. The Morgan fingerprint density at radius 1 is 1.06 bits per heavy atom. The molecule has 0 radical (unpaired) electrons. The predicted octanol–water partition coefficient (Wildman–Crippen LogP) is 3.68. The van der Waals surface area contributed by atoms with Crippen LogP contribution in [0.15, 0.2) is 24.3 Å². The van der Waals surface area contributed by atoms with E-state index in [9.17, 15) is 0 Å². The summed E-state index contributed by atoms with van der Waals surface area (Å²) < 4.78 is 0. The summed E-state index contributed by atoms with van der Waals surface area (Å²) in [5.41, 5.74) is 9.40. The van der Waals surface area contributed by atoms with Gasteiger partial charge >= 0.3 is 0 Å². The second-order valence-corrected chi connectivity index (χ2v) is 6.98. The van der Waals surface area contributed by atoms with Crippen molar-refractivity contribution in [2.24, 2.45) is 5.73 Å². The Labute approximate surface area is 115 Å². The molecule has 1 nitrogen and oxygen atoms in total. The Balaban J connectivity index is 1.81. The van der Waals surface area contributed by atoms with Gasteiger partial charge in [-0.3, -0.25) is 0 Å². The maximum Gasteiger partial charge on any atom is 0.00755 e. The van der Waals surface area contributed by atoms with Gasteiger partial charge in [-0.25, -0.2) is 0 Å². The summed E-state index contributed by atoms with van der Waals surface area (Å²) in [4.78, 5) is 0. The first-order valence-electron chi connectivity index (χ1n) is 7.22. The molecular formula is C16H23NS. The lowest BCUT2D eigenvalue weighted by atomic mass is 9.69. The Morgan fingerprint density at radius 2 is 1.72 bits per heavy atom. The smallest absolute Gasteiger partial charge is 0.00755 e. The Bertz CT molecular complexity index is 388. The number of rotatable bonds is 3. The van der Waals surface area contributed by atoms with Gasteiger partial charge in [0.2, 0.25) is 0 Å². The number of hydrogen-bond acceptors (Lipinski definition) is 2.